The lowest BCUT2D eigenvalue weighted by Gasteiger charge is -2.33. The number of nitrogens with one attached hydrogen (secondary N) is 1. The third kappa shape index (κ3) is 4.79. The highest BCUT2D eigenvalue weighted by Crippen LogP contribution is 2.20. The summed E-state index contributed by atoms with van der Waals surface area (Å²) in [5.41, 5.74) is 0. The average molecular weight is 341 g/mol. The molecule has 0 spiro atoms. The lowest BCUT2D eigenvalue weighted by Crippen LogP contribution is -2.51. The predicted octanol–water partition coefficient (Wildman–Crippen LogP) is 2.50. The highest BCUT2D eigenvalue weighted by atomic mass is 79.9. The van der Waals surface area contributed by atoms with E-state index in [-0.39, 0.29) is 12.1 Å². The molecule has 1 aliphatic rings. The van der Waals surface area contributed by atoms with Gasteiger partial charge in [0.05, 0.1) is 0 Å². The van der Waals surface area contributed by atoms with E-state index in [0.29, 0.717) is 17.8 Å². The van der Waals surface area contributed by atoms with Crippen molar-refractivity contribution in [2.24, 2.45) is 5.92 Å². The van der Waals surface area contributed by atoms with E-state index in [9.17, 15) is 8.42 Å². The molecule has 1 heterocycles. The Morgan fingerprint density at radius 2 is 2.06 bits per heavy atom. The topological polar surface area (TPSA) is 49.4 Å². The van der Waals surface area contributed by atoms with Crippen LogP contribution in [0.25, 0.3) is 0 Å². The van der Waals surface area contributed by atoms with E-state index in [4.69, 9.17) is 0 Å². The van der Waals surface area contributed by atoms with Crippen molar-refractivity contribution in [3.63, 3.8) is 0 Å². The Kier molecular flexibility index (Phi) is 6.58. The van der Waals surface area contributed by atoms with Crippen LogP contribution in [0.3, 0.4) is 0 Å². The quantitative estimate of drug-likeness (QED) is 0.755. The first-order valence-corrected chi connectivity index (χ1v) is 9.28. The molecular formula is C12H25BrN2O2S. The second kappa shape index (κ2) is 7.22. The number of alkyl halides is 1. The Morgan fingerprint density at radius 3 is 2.56 bits per heavy atom. The van der Waals surface area contributed by atoms with Gasteiger partial charge in [0.2, 0.25) is 0 Å². The summed E-state index contributed by atoms with van der Waals surface area (Å²) in [7, 11) is -3.34. The van der Waals surface area contributed by atoms with Crippen LogP contribution in [-0.2, 0) is 10.2 Å². The van der Waals surface area contributed by atoms with Crippen LogP contribution in [0.15, 0.2) is 0 Å². The number of rotatable bonds is 6. The first-order valence-electron chi connectivity index (χ1n) is 6.72. The van der Waals surface area contributed by atoms with E-state index >= 15 is 0 Å². The van der Waals surface area contributed by atoms with Crippen LogP contribution >= 0.6 is 15.9 Å². The number of nitrogens with zero attached hydrogens (tertiary/aromatic N) is 1. The van der Waals surface area contributed by atoms with Gasteiger partial charge in [-0.25, -0.2) is 0 Å². The van der Waals surface area contributed by atoms with Gasteiger partial charge in [0.25, 0.3) is 10.2 Å². The van der Waals surface area contributed by atoms with Crippen LogP contribution in [0.4, 0.5) is 0 Å². The van der Waals surface area contributed by atoms with Crippen molar-refractivity contribution in [2.75, 3.05) is 11.9 Å². The molecule has 4 nitrogen and oxygen atoms in total. The van der Waals surface area contributed by atoms with Gasteiger partial charge in [-0.1, -0.05) is 36.2 Å². The van der Waals surface area contributed by atoms with E-state index < -0.39 is 10.2 Å². The van der Waals surface area contributed by atoms with Crippen molar-refractivity contribution >= 4 is 26.1 Å². The van der Waals surface area contributed by atoms with Gasteiger partial charge in [-0.3, -0.25) is 0 Å². The SMILES string of the molecule is CC(C)CC(CBr)NS(=O)(=O)N1CCCCC1C. The molecule has 1 N–H and O–H groups in total. The van der Waals surface area contributed by atoms with E-state index in [1.54, 1.807) is 4.31 Å². The zero-order chi connectivity index (χ0) is 13.8. The molecule has 0 aromatic carbocycles. The molecule has 0 aromatic heterocycles. The van der Waals surface area contributed by atoms with Crippen molar-refractivity contribution in [3.05, 3.63) is 0 Å². The lowest BCUT2D eigenvalue weighted by molar-refractivity contribution is 0.263. The molecule has 1 rings (SSSR count). The van der Waals surface area contributed by atoms with Gasteiger partial charge in [-0.2, -0.15) is 17.4 Å². The van der Waals surface area contributed by atoms with Crippen molar-refractivity contribution in [2.45, 2.75) is 58.5 Å². The third-order valence-electron chi connectivity index (χ3n) is 3.31. The maximum atomic E-state index is 12.3. The van der Waals surface area contributed by atoms with Crippen LogP contribution < -0.4 is 4.72 Å². The summed E-state index contributed by atoms with van der Waals surface area (Å²) in [6, 6.07) is 0.0930. The summed E-state index contributed by atoms with van der Waals surface area (Å²) in [5.74, 6) is 0.481. The monoisotopic (exact) mass is 340 g/mol. The summed E-state index contributed by atoms with van der Waals surface area (Å²) in [5, 5.41) is 0.659. The van der Waals surface area contributed by atoms with Crippen molar-refractivity contribution in [1.82, 2.24) is 9.03 Å². The minimum Gasteiger partial charge on any atom is -0.198 e. The summed E-state index contributed by atoms with van der Waals surface area (Å²) in [4.78, 5) is 0. The Bertz CT molecular complexity index is 346. The Labute approximate surface area is 120 Å². The maximum absolute atomic E-state index is 12.3. The second-order valence-corrected chi connectivity index (χ2v) is 7.86. The van der Waals surface area contributed by atoms with Gasteiger partial charge in [-0.05, 0) is 32.1 Å². The zero-order valence-corrected chi connectivity index (χ0v) is 13.9. The molecule has 108 valence electrons. The third-order valence-corrected chi connectivity index (χ3v) is 5.88. The van der Waals surface area contributed by atoms with Gasteiger partial charge >= 0.3 is 0 Å². The van der Waals surface area contributed by atoms with Crippen molar-refractivity contribution in [3.8, 4) is 0 Å². The number of hydrogen-bond acceptors (Lipinski definition) is 2. The number of piperidine rings is 1. The minimum atomic E-state index is -3.34. The molecular weight excluding hydrogens is 316 g/mol. The lowest BCUT2D eigenvalue weighted by atomic mass is 10.1. The predicted molar refractivity (Wildman–Crippen MR) is 79.1 cm³/mol. The second-order valence-electron chi connectivity index (χ2n) is 5.56. The number of hydrogen-bond donors (Lipinski definition) is 1. The fourth-order valence-corrected chi connectivity index (χ4v) is 4.74. The molecule has 1 fully saturated rings. The molecule has 2 unspecified atom stereocenters. The Morgan fingerprint density at radius 1 is 1.39 bits per heavy atom. The van der Waals surface area contributed by atoms with Gasteiger partial charge in [0.1, 0.15) is 0 Å². The van der Waals surface area contributed by atoms with Crippen molar-refractivity contribution < 1.29 is 8.42 Å². The largest absolute Gasteiger partial charge is 0.279 e. The smallest absolute Gasteiger partial charge is 0.198 e. The van der Waals surface area contributed by atoms with E-state index in [0.717, 1.165) is 25.7 Å². The molecule has 0 saturated carbocycles. The van der Waals surface area contributed by atoms with Gasteiger partial charge in [0.15, 0.2) is 0 Å². The Hall–Kier alpha value is 0.350. The molecule has 0 amide bonds. The van der Waals surface area contributed by atoms with Crippen molar-refractivity contribution in [1.29, 1.82) is 0 Å². The molecule has 2 atom stereocenters. The number of halogens is 1. The first kappa shape index (κ1) is 16.4. The molecule has 0 aromatic rings. The maximum Gasteiger partial charge on any atom is 0.279 e. The van der Waals surface area contributed by atoms with Gasteiger partial charge < -0.3 is 0 Å². The fraction of sp³-hybridized carbons (Fsp3) is 1.00. The summed E-state index contributed by atoms with van der Waals surface area (Å²) >= 11 is 3.39. The van der Waals surface area contributed by atoms with Crippen LogP contribution in [0.2, 0.25) is 0 Å². The molecule has 6 heteroatoms. The molecule has 1 saturated heterocycles. The molecule has 0 radical (unpaired) electrons. The highest BCUT2D eigenvalue weighted by Gasteiger charge is 2.31. The molecule has 0 aliphatic carbocycles. The minimum absolute atomic E-state index is 0.0240. The summed E-state index contributed by atoms with van der Waals surface area (Å²) in [6.45, 7) is 6.85. The zero-order valence-electron chi connectivity index (χ0n) is 11.5. The van der Waals surface area contributed by atoms with Crippen LogP contribution in [0, 0.1) is 5.92 Å². The summed E-state index contributed by atoms with van der Waals surface area (Å²) < 4.78 is 29.1. The standard InChI is InChI=1S/C12H25BrN2O2S/c1-10(2)8-12(9-13)14-18(16,17)15-7-5-4-6-11(15)3/h10-12,14H,4-9H2,1-3H3. The average Bonchev–Trinajstić information content (AvgIpc) is 2.27. The molecule has 18 heavy (non-hydrogen) atoms. The normalized spacial score (nSPS) is 24.4. The molecule has 0 bridgehead atoms. The first-order chi connectivity index (χ1) is 8.36. The van der Waals surface area contributed by atoms with E-state index in [1.165, 1.54) is 0 Å². The summed E-state index contributed by atoms with van der Waals surface area (Å²) in [6.07, 6.45) is 3.91. The Balaban J connectivity index is 2.67. The fourth-order valence-electron chi connectivity index (χ4n) is 2.42. The van der Waals surface area contributed by atoms with Gasteiger partial charge in [-0.15, -0.1) is 0 Å². The van der Waals surface area contributed by atoms with Crippen LogP contribution in [0.5, 0.6) is 0 Å². The van der Waals surface area contributed by atoms with Gasteiger partial charge in [0, 0.05) is 24.0 Å². The highest BCUT2D eigenvalue weighted by molar-refractivity contribution is 9.09. The van der Waals surface area contributed by atoms with Crippen LogP contribution in [0.1, 0.15) is 46.5 Å². The van der Waals surface area contributed by atoms with E-state index in [1.807, 2.05) is 6.92 Å². The molecule has 1 aliphatic heterocycles. The van der Waals surface area contributed by atoms with Crippen LogP contribution in [-0.4, -0.2) is 36.7 Å². The van der Waals surface area contributed by atoms with E-state index in [2.05, 4.69) is 34.5 Å².